The van der Waals surface area contributed by atoms with Gasteiger partial charge in [-0.2, -0.15) is 0 Å². The summed E-state index contributed by atoms with van der Waals surface area (Å²) >= 11 is 0. The van der Waals surface area contributed by atoms with E-state index in [1.807, 2.05) is 39.1 Å². The molecule has 0 bridgehead atoms. The fraction of sp³-hybridized carbons (Fsp3) is 0.296. The number of benzene rings is 1. The lowest BCUT2D eigenvalue weighted by Crippen LogP contribution is -2.57. The number of ether oxygens (including phenoxy) is 1. The van der Waals surface area contributed by atoms with Crippen LogP contribution in [-0.2, 0) is 14.1 Å². The lowest BCUT2D eigenvalue weighted by atomic mass is 10.0. The molecule has 2 N–H and O–H groups in total. The Morgan fingerprint density at radius 2 is 1.69 bits per heavy atom. The van der Waals surface area contributed by atoms with Gasteiger partial charge in [-0.3, -0.25) is 14.4 Å². The summed E-state index contributed by atoms with van der Waals surface area (Å²) in [7, 11) is 5.30. The normalized spacial score (nSPS) is 14.1. The maximum Gasteiger partial charge on any atom is 0.274 e. The van der Waals surface area contributed by atoms with Gasteiger partial charge in [-0.1, -0.05) is 18.2 Å². The number of pyridine rings is 2. The van der Waals surface area contributed by atoms with Gasteiger partial charge in [0.1, 0.15) is 17.0 Å². The number of hydrogen-bond acceptors (Lipinski definition) is 5. The third-order valence-corrected chi connectivity index (χ3v) is 6.71. The summed E-state index contributed by atoms with van der Waals surface area (Å²) in [5, 5.41) is 3.54. The van der Waals surface area contributed by atoms with Gasteiger partial charge in [-0.15, -0.1) is 0 Å². The van der Waals surface area contributed by atoms with Gasteiger partial charge in [-0.25, -0.2) is 0 Å². The predicted octanol–water partition coefficient (Wildman–Crippen LogP) is 2.69. The average Bonchev–Trinajstić information content (AvgIpc) is 3.26. The lowest BCUT2D eigenvalue weighted by molar-refractivity contribution is 0.0853. The fourth-order valence-corrected chi connectivity index (χ4v) is 4.69. The summed E-state index contributed by atoms with van der Waals surface area (Å²) in [4.78, 5) is 43.7. The van der Waals surface area contributed by atoms with Crippen molar-refractivity contribution in [1.29, 1.82) is 0 Å². The van der Waals surface area contributed by atoms with Gasteiger partial charge in [0.25, 0.3) is 17.0 Å². The van der Waals surface area contributed by atoms with Crippen molar-refractivity contribution in [3.8, 4) is 22.6 Å². The van der Waals surface area contributed by atoms with Gasteiger partial charge in [0, 0.05) is 56.0 Å². The van der Waals surface area contributed by atoms with Crippen molar-refractivity contribution in [3.63, 3.8) is 0 Å². The third-order valence-electron chi connectivity index (χ3n) is 6.71. The molecule has 9 heteroatoms. The number of hydrogen-bond donors (Lipinski definition) is 2. The summed E-state index contributed by atoms with van der Waals surface area (Å²) in [5.41, 5.74) is 3.18. The molecule has 4 aromatic rings. The number of carbonyl (C=O) groups excluding carboxylic acids is 1. The molecule has 0 atom stereocenters. The number of likely N-dealkylation sites (N-methyl/N-ethyl adjacent to an activating group) is 1. The Labute approximate surface area is 207 Å². The standard InChI is InChI=1S/C27H29N5O4/c1-15-7-6-8-16(2)25(15)36-22-14-31(4)23(33)10-18(22)20-13-32(5)27(35)24-19(20)9-21(29-24)26(34)28-17-11-30(3)12-17/h6-10,13-14,17,29H,11-12H2,1-5H3,(H,28,34). The van der Waals surface area contributed by atoms with Crippen LogP contribution in [0.4, 0.5) is 0 Å². The van der Waals surface area contributed by atoms with Crippen LogP contribution < -0.4 is 21.2 Å². The van der Waals surface area contributed by atoms with Crippen LogP contribution in [0.5, 0.6) is 11.5 Å². The van der Waals surface area contributed by atoms with E-state index >= 15 is 0 Å². The molecule has 9 nitrogen and oxygen atoms in total. The minimum absolute atomic E-state index is 0.0747. The number of aryl methyl sites for hydroxylation is 4. The minimum atomic E-state index is -0.270. The van der Waals surface area contributed by atoms with Crippen molar-refractivity contribution in [2.75, 3.05) is 20.1 Å². The highest BCUT2D eigenvalue weighted by molar-refractivity contribution is 6.03. The Bertz CT molecular complexity index is 1600. The molecule has 36 heavy (non-hydrogen) atoms. The Morgan fingerprint density at radius 3 is 2.36 bits per heavy atom. The first kappa shape index (κ1) is 23.6. The molecule has 0 unspecified atom stereocenters. The van der Waals surface area contributed by atoms with Crippen molar-refractivity contribution in [2.24, 2.45) is 14.1 Å². The average molecular weight is 488 g/mol. The van der Waals surface area contributed by atoms with E-state index in [4.69, 9.17) is 4.74 Å². The first-order valence-corrected chi connectivity index (χ1v) is 11.8. The topological polar surface area (TPSA) is 101 Å². The molecule has 1 fully saturated rings. The number of aromatic amines is 1. The smallest absolute Gasteiger partial charge is 0.274 e. The molecule has 1 saturated heterocycles. The van der Waals surface area contributed by atoms with Crippen LogP contribution in [0.25, 0.3) is 22.0 Å². The van der Waals surface area contributed by atoms with Crippen LogP contribution >= 0.6 is 0 Å². The van der Waals surface area contributed by atoms with E-state index in [2.05, 4.69) is 15.2 Å². The molecule has 1 aliphatic heterocycles. The molecule has 1 amide bonds. The SMILES string of the molecule is Cc1cccc(C)c1Oc1cn(C)c(=O)cc1-c1cn(C)c(=O)c2[nH]c(C(=O)NC3CN(C)C3)cc12. The second-order valence-corrected chi connectivity index (χ2v) is 9.65. The lowest BCUT2D eigenvalue weighted by Gasteiger charge is -2.36. The number of fused-ring (bicyclic) bond motifs is 1. The summed E-state index contributed by atoms with van der Waals surface area (Å²) < 4.78 is 9.28. The van der Waals surface area contributed by atoms with E-state index in [1.54, 1.807) is 32.6 Å². The summed E-state index contributed by atoms with van der Waals surface area (Å²) in [6.07, 6.45) is 3.32. The van der Waals surface area contributed by atoms with Crippen molar-refractivity contribution >= 4 is 16.8 Å². The van der Waals surface area contributed by atoms with E-state index < -0.39 is 0 Å². The van der Waals surface area contributed by atoms with Crippen LogP contribution in [0.1, 0.15) is 21.6 Å². The Hall–Kier alpha value is -4.11. The number of para-hydroxylation sites is 1. The molecule has 0 aliphatic carbocycles. The number of likely N-dealkylation sites (tertiary alicyclic amines) is 1. The van der Waals surface area contributed by atoms with E-state index in [1.165, 1.54) is 15.2 Å². The molecule has 186 valence electrons. The van der Waals surface area contributed by atoms with Gasteiger partial charge in [0.2, 0.25) is 0 Å². The van der Waals surface area contributed by atoms with Crippen molar-refractivity contribution in [1.82, 2.24) is 24.3 Å². The molecule has 0 radical (unpaired) electrons. The molecule has 1 aliphatic rings. The zero-order valence-corrected chi connectivity index (χ0v) is 21.0. The van der Waals surface area contributed by atoms with E-state index in [0.29, 0.717) is 39.2 Å². The molecular formula is C27H29N5O4. The molecule has 4 heterocycles. The molecule has 3 aromatic heterocycles. The number of carbonyl (C=O) groups is 1. The van der Waals surface area contributed by atoms with E-state index in [-0.39, 0.29) is 23.1 Å². The van der Waals surface area contributed by atoms with Crippen LogP contribution in [0.3, 0.4) is 0 Å². The van der Waals surface area contributed by atoms with Crippen molar-refractivity contribution in [2.45, 2.75) is 19.9 Å². The molecule has 1 aromatic carbocycles. The first-order chi connectivity index (χ1) is 17.1. The zero-order valence-electron chi connectivity index (χ0n) is 21.0. The third kappa shape index (κ3) is 4.11. The monoisotopic (exact) mass is 487 g/mol. The first-order valence-electron chi connectivity index (χ1n) is 11.8. The van der Waals surface area contributed by atoms with Crippen molar-refractivity contribution < 1.29 is 9.53 Å². The molecular weight excluding hydrogens is 458 g/mol. The van der Waals surface area contributed by atoms with Gasteiger partial charge < -0.3 is 29.1 Å². The zero-order chi connectivity index (χ0) is 25.7. The van der Waals surface area contributed by atoms with Gasteiger partial charge >= 0.3 is 0 Å². The minimum Gasteiger partial charge on any atom is -0.455 e. The Balaban J connectivity index is 1.66. The molecule has 0 saturated carbocycles. The summed E-state index contributed by atoms with van der Waals surface area (Å²) in [6.45, 7) is 5.49. The Kier molecular flexibility index (Phi) is 5.80. The van der Waals surface area contributed by atoms with Crippen LogP contribution in [-0.4, -0.2) is 51.1 Å². The summed E-state index contributed by atoms with van der Waals surface area (Å²) in [5.74, 6) is 0.908. The molecule has 0 spiro atoms. The van der Waals surface area contributed by atoms with Gasteiger partial charge in [-0.05, 0) is 38.1 Å². The van der Waals surface area contributed by atoms with Crippen molar-refractivity contribution in [3.05, 3.63) is 80.3 Å². The predicted molar refractivity (Wildman–Crippen MR) is 139 cm³/mol. The maximum atomic E-state index is 13.0. The van der Waals surface area contributed by atoms with E-state index in [0.717, 1.165) is 24.2 Å². The number of H-pyrrole nitrogens is 1. The van der Waals surface area contributed by atoms with E-state index in [9.17, 15) is 14.4 Å². The van der Waals surface area contributed by atoms with Gasteiger partial charge in [0.15, 0.2) is 5.75 Å². The maximum absolute atomic E-state index is 13.0. The van der Waals surface area contributed by atoms with Crippen LogP contribution in [0, 0.1) is 13.8 Å². The van der Waals surface area contributed by atoms with Gasteiger partial charge in [0.05, 0.1) is 12.2 Å². The number of nitrogens with zero attached hydrogens (tertiary/aromatic N) is 3. The largest absolute Gasteiger partial charge is 0.455 e. The second kappa shape index (κ2) is 8.83. The number of amides is 1. The Morgan fingerprint density at radius 1 is 1.00 bits per heavy atom. The fourth-order valence-electron chi connectivity index (χ4n) is 4.69. The second-order valence-electron chi connectivity index (χ2n) is 9.65. The number of rotatable bonds is 5. The van der Waals surface area contributed by atoms with Crippen LogP contribution in [0.15, 0.2) is 52.3 Å². The summed E-state index contributed by atoms with van der Waals surface area (Å²) in [6, 6.07) is 9.13. The highest BCUT2D eigenvalue weighted by Gasteiger charge is 2.26. The highest BCUT2D eigenvalue weighted by Crippen LogP contribution is 2.37. The number of aromatic nitrogens is 3. The quantitative estimate of drug-likeness (QED) is 0.451. The molecule has 5 rings (SSSR count). The highest BCUT2D eigenvalue weighted by atomic mass is 16.5. The van der Waals surface area contributed by atoms with Crippen LogP contribution in [0.2, 0.25) is 0 Å². The number of nitrogens with one attached hydrogen (secondary N) is 2.